The smallest absolute Gasteiger partial charge is 0.136 e. The molecular formula is C16H29NO. The Morgan fingerprint density at radius 2 is 1.83 bits per heavy atom. The van der Waals surface area contributed by atoms with Crippen molar-refractivity contribution in [3.05, 3.63) is 0 Å². The monoisotopic (exact) mass is 251 g/mol. The Morgan fingerprint density at radius 1 is 1.11 bits per heavy atom. The van der Waals surface area contributed by atoms with E-state index in [1.807, 2.05) is 0 Å². The molecule has 0 spiro atoms. The van der Waals surface area contributed by atoms with Crippen LogP contribution in [0.15, 0.2) is 0 Å². The van der Waals surface area contributed by atoms with Crippen LogP contribution in [0.5, 0.6) is 0 Å². The summed E-state index contributed by atoms with van der Waals surface area (Å²) in [5.74, 6) is 1.71. The zero-order valence-corrected chi connectivity index (χ0v) is 12.2. The summed E-state index contributed by atoms with van der Waals surface area (Å²) >= 11 is 0. The van der Waals surface area contributed by atoms with Crippen molar-refractivity contribution in [2.75, 3.05) is 13.1 Å². The van der Waals surface area contributed by atoms with Crippen molar-refractivity contribution in [2.45, 2.75) is 71.3 Å². The largest absolute Gasteiger partial charge is 0.300 e. The van der Waals surface area contributed by atoms with Crippen LogP contribution in [0, 0.1) is 11.8 Å². The highest BCUT2D eigenvalue weighted by Gasteiger charge is 2.38. The molecule has 0 radical (unpaired) electrons. The quantitative estimate of drug-likeness (QED) is 0.743. The summed E-state index contributed by atoms with van der Waals surface area (Å²) in [5, 5.41) is 0. The maximum Gasteiger partial charge on any atom is 0.136 e. The standard InChI is InChI=1S/C16H29NO/c1-3-10-17(11-4-2)14-8-9-15-13(12-14)6-5-7-16(15)18/h13-15H,3-12H2,1-2H3. The summed E-state index contributed by atoms with van der Waals surface area (Å²) in [6.07, 6.45) is 9.53. The Balaban J connectivity index is 1.94. The van der Waals surface area contributed by atoms with Gasteiger partial charge in [-0.15, -0.1) is 0 Å². The fourth-order valence-corrected chi connectivity index (χ4v) is 4.09. The van der Waals surface area contributed by atoms with Crippen LogP contribution in [0.25, 0.3) is 0 Å². The zero-order valence-electron chi connectivity index (χ0n) is 12.2. The topological polar surface area (TPSA) is 20.3 Å². The van der Waals surface area contributed by atoms with Gasteiger partial charge in [0.1, 0.15) is 5.78 Å². The fourth-order valence-electron chi connectivity index (χ4n) is 4.09. The summed E-state index contributed by atoms with van der Waals surface area (Å²) in [6.45, 7) is 7.03. The third-order valence-electron chi connectivity index (χ3n) is 4.90. The van der Waals surface area contributed by atoms with Gasteiger partial charge in [0.25, 0.3) is 0 Å². The van der Waals surface area contributed by atoms with Crippen LogP contribution in [0.3, 0.4) is 0 Å². The number of carbonyl (C=O) groups excluding carboxylic acids is 1. The molecule has 0 heterocycles. The predicted octanol–water partition coefficient (Wildman–Crippen LogP) is 3.65. The average Bonchev–Trinajstić information content (AvgIpc) is 2.38. The highest BCUT2D eigenvalue weighted by Crippen LogP contribution is 2.40. The van der Waals surface area contributed by atoms with Crippen molar-refractivity contribution >= 4 is 5.78 Å². The Morgan fingerprint density at radius 3 is 2.50 bits per heavy atom. The molecule has 2 saturated carbocycles. The fraction of sp³-hybridized carbons (Fsp3) is 0.938. The van der Waals surface area contributed by atoms with E-state index >= 15 is 0 Å². The summed E-state index contributed by atoms with van der Waals surface area (Å²) < 4.78 is 0. The summed E-state index contributed by atoms with van der Waals surface area (Å²) in [7, 11) is 0. The zero-order chi connectivity index (χ0) is 13.0. The number of nitrogens with zero attached hydrogens (tertiary/aromatic N) is 1. The molecule has 0 aromatic heterocycles. The molecule has 0 saturated heterocycles. The number of Topliss-reactive ketones (excluding diaryl/α,β-unsaturated/α-hetero) is 1. The molecule has 2 rings (SSSR count). The first-order chi connectivity index (χ1) is 8.76. The van der Waals surface area contributed by atoms with Crippen LogP contribution < -0.4 is 0 Å². The third kappa shape index (κ3) is 3.14. The van der Waals surface area contributed by atoms with E-state index in [0.717, 1.165) is 25.3 Å². The maximum atomic E-state index is 11.9. The second-order valence-corrected chi connectivity index (χ2v) is 6.23. The second-order valence-electron chi connectivity index (χ2n) is 6.23. The summed E-state index contributed by atoms with van der Waals surface area (Å²) in [4.78, 5) is 14.6. The minimum absolute atomic E-state index is 0.431. The van der Waals surface area contributed by atoms with Crippen LogP contribution in [-0.4, -0.2) is 29.8 Å². The Hall–Kier alpha value is -0.370. The van der Waals surface area contributed by atoms with Gasteiger partial charge in [0.2, 0.25) is 0 Å². The van der Waals surface area contributed by atoms with E-state index in [0.29, 0.717) is 17.6 Å². The van der Waals surface area contributed by atoms with E-state index < -0.39 is 0 Å². The molecule has 3 atom stereocenters. The normalized spacial score (nSPS) is 32.6. The highest BCUT2D eigenvalue weighted by molar-refractivity contribution is 5.82. The van der Waals surface area contributed by atoms with Crippen LogP contribution in [-0.2, 0) is 4.79 Å². The van der Waals surface area contributed by atoms with Gasteiger partial charge in [-0.2, -0.15) is 0 Å². The average molecular weight is 251 g/mol. The van der Waals surface area contributed by atoms with E-state index in [1.54, 1.807) is 0 Å². The molecule has 2 fully saturated rings. The van der Waals surface area contributed by atoms with Crippen LogP contribution in [0.1, 0.15) is 65.2 Å². The number of hydrogen-bond acceptors (Lipinski definition) is 2. The lowest BCUT2D eigenvalue weighted by Crippen LogP contribution is -2.44. The molecule has 2 aliphatic rings. The van der Waals surface area contributed by atoms with E-state index in [-0.39, 0.29) is 0 Å². The molecule has 0 aromatic rings. The van der Waals surface area contributed by atoms with Gasteiger partial charge in [-0.05, 0) is 64.0 Å². The first-order valence-electron chi connectivity index (χ1n) is 8.03. The molecule has 18 heavy (non-hydrogen) atoms. The molecule has 0 aromatic carbocycles. The van der Waals surface area contributed by atoms with E-state index in [4.69, 9.17) is 0 Å². The summed E-state index contributed by atoms with van der Waals surface area (Å²) in [5.41, 5.74) is 0. The van der Waals surface area contributed by atoms with Crippen LogP contribution in [0.2, 0.25) is 0 Å². The van der Waals surface area contributed by atoms with Gasteiger partial charge in [-0.3, -0.25) is 4.79 Å². The van der Waals surface area contributed by atoms with E-state index in [2.05, 4.69) is 18.7 Å². The molecule has 104 valence electrons. The molecule has 2 heteroatoms. The lowest BCUT2D eigenvalue weighted by Gasteiger charge is -2.42. The first kappa shape index (κ1) is 14.0. The minimum Gasteiger partial charge on any atom is -0.300 e. The van der Waals surface area contributed by atoms with Crippen LogP contribution in [0.4, 0.5) is 0 Å². The Labute approximate surface area is 112 Å². The molecule has 0 amide bonds. The number of rotatable bonds is 5. The van der Waals surface area contributed by atoms with E-state index in [1.165, 1.54) is 45.2 Å². The van der Waals surface area contributed by atoms with Gasteiger partial charge >= 0.3 is 0 Å². The molecule has 0 N–H and O–H groups in total. The first-order valence-corrected chi connectivity index (χ1v) is 8.03. The van der Waals surface area contributed by atoms with Crippen molar-refractivity contribution in [2.24, 2.45) is 11.8 Å². The van der Waals surface area contributed by atoms with Crippen molar-refractivity contribution in [3.63, 3.8) is 0 Å². The molecule has 3 unspecified atom stereocenters. The van der Waals surface area contributed by atoms with Gasteiger partial charge < -0.3 is 4.90 Å². The van der Waals surface area contributed by atoms with Gasteiger partial charge in [0.15, 0.2) is 0 Å². The molecule has 2 nitrogen and oxygen atoms in total. The van der Waals surface area contributed by atoms with Crippen molar-refractivity contribution in [3.8, 4) is 0 Å². The number of hydrogen-bond donors (Lipinski definition) is 0. The minimum atomic E-state index is 0.431. The van der Waals surface area contributed by atoms with Gasteiger partial charge in [0, 0.05) is 18.4 Å². The van der Waals surface area contributed by atoms with E-state index in [9.17, 15) is 4.79 Å². The Kier molecular flexibility index (Phi) is 5.23. The highest BCUT2D eigenvalue weighted by atomic mass is 16.1. The third-order valence-corrected chi connectivity index (χ3v) is 4.90. The predicted molar refractivity (Wildman–Crippen MR) is 75.6 cm³/mol. The molecular weight excluding hydrogens is 222 g/mol. The SMILES string of the molecule is CCCN(CCC)C1CCC2C(=O)CCCC2C1. The van der Waals surface area contributed by atoms with Gasteiger partial charge in [-0.1, -0.05) is 13.8 Å². The second kappa shape index (κ2) is 6.70. The number of ketones is 1. The molecule has 0 bridgehead atoms. The lowest BCUT2D eigenvalue weighted by molar-refractivity contribution is -0.128. The number of fused-ring (bicyclic) bond motifs is 1. The van der Waals surface area contributed by atoms with Gasteiger partial charge in [0.05, 0.1) is 0 Å². The molecule has 0 aliphatic heterocycles. The maximum absolute atomic E-state index is 11.9. The summed E-state index contributed by atoms with van der Waals surface area (Å²) in [6, 6.07) is 0.761. The van der Waals surface area contributed by atoms with Crippen LogP contribution >= 0.6 is 0 Å². The van der Waals surface area contributed by atoms with Crippen molar-refractivity contribution < 1.29 is 4.79 Å². The number of carbonyl (C=O) groups is 1. The van der Waals surface area contributed by atoms with Crippen molar-refractivity contribution in [1.82, 2.24) is 4.90 Å². The Bertz CT molecular complexity index is 270. The lowest BCUT2D eigenvalue weighted by atomic mass is 9.68. The molecule has 2 aliphatic carbocycles. The van der Waals surface area contributed by atoms with Crippen molar-refractivity contribution in [1.29, 1.82) is 0 Å². The van der Waals surface area contributed by atoms with Gasteiger partial charge in [-0.25, -0.2) is 0 Å².